The Morgan fingerprint density at radius 1 is 1.14 bits per heavy atom. The molecule has 0 fully saturated rings. The Kier molecular flexibility index (Phi) is 5.37. The number of hydrogen-bond acceptors (Lipinski definition) is 4. The molecule has 3 aromatic rings. The molecule has 2 amide bonds. The summed E-state index contributed by atoms with van der Waals surface area (Å²) in [7, 11) is 1.73. The highest BCUT2D eigenvalue weighted by Crippen LogP contribution is 2.23. The van der Waals surface area contributed by atoms with Crippen molar-refractivity contribution in [2.45, 2.75) is 32.4 Å². The molecule has 0 radical (unpaired) electrons. The zero-order valence-corrected chi connectivity index (χ0v) is 16.3. The van der Waals surface area contributed by atoms with Gasteiger partial charge in [-0.25, -0.2) is 4.98 Å². The third-order valence-corrected chi connectivity index (χ3v) is 5.15. The van der Waals surface area contributed by atoms with Gasteiger partial charge in [0.25, 0.3) is 11.8 Å². The van der Waals surface area contributed by atoms with Crippen LogP contribution >= 0.6 is 0 Å². The van der Waals surface area contributed by atoms with Crippen molar-refractivity contribution < 1.29 is 9.59 Å². The maximum absolute atomic E-state index is 13.1. The van der Waals surface area contributed by atoms with Gasteiger partial charge in [0, 0.05) is 38.2 Å². The van der Waals surface area contributed by atoms with Crippen molar-refractivity contribution in [3.05, 3.63) is 77.6 Å². The van der Waals surface area contributed by atoms with Crippen molar-refractivity contribution in [3.63, 3.8) is 0 Å². The van der Waals surface area contributed by atoms with Crippen LogP contribution in [0.5, 0.6) is 0 Å². The van der Waals surface area contributed by atoms with E-state index in [9.17, 15) is 9.59 Å². The molecule has 0 saturated heterocycles. The quantitative estimate of drug-likeness (QED) is 0.728. The molecule has 4 rings (SSSR count). The van der Waals surface area contributed by atoms with Crippen LogP contribution in [0.25, 0.3) is 0 Å². The minimum atomic E-state index is -0.263. The number of benzene rings is 1. The molecule has 0 atom stereocenters. The summed E-state index contributed by atoms with van der Waals surface area (Å²) in [5.74, 6) is -0.163. The number of anilines is 1. The molecule has 1 aromatic carbocycles. The van der Waals surface area contributed by atoms with Gasteiger partial charge in [-0.05, 0) is 43.0 Å². The number of hydrogen-bond donors (Lipinski definition) is 1. The number of amides is 2. The molecule has 1 aliphatic heterocycles. The van der Waals surface area contributed by atoms with E-state index in [2.05, 4.69) is 15.3 Å². The highest BCUT2D eigenvalue weighted by atomic mass is 16.2. The van der Waals surface area contributed by atoms with E-state index in [0.29, 0.717) is 24.6 Å². The van der Waals surface area contributed by atoms with Crippen LogP contribution in [0.15, 0.2) is 54.9 Å². The second kappa shape index (κ2) is 8.26. The topological polar surface area (TPSA) is 80.1 Å². The Balaban J connectivity index is 1.60. The highest BCUT2D eigenvalue weighted by molar-refractivity contribution is 6.05. The van der Waals surface area contributed by atoms with Crippen molar-refractivity contribution >= 4 is 17.5 Å². The first-order valence-electron chi connectivity index (χ1n) is 9.75. The van der Waals surface area contributed by atoms with Gasteiger partial charge in [-0.2, -0.15) is 0 Å². The van der Waals surface area contributed by atoms with Gasteiger partial charge in [0.2, 0.25) is 5.82 Å². The smallest absolute Gasteiger partial charge is 0.294 e. The van der Waals surface area contributed by atoms with Crippen molar-refractivity contribution in [1.82, 2.24) is 19.9 Å². The predicted molar refractivity (Wildman–Crippen MR) is 110 cm³/mol. The first kappa shape index (κ1) is 18.9. The van der Waals surface area contributed by atoms with Gasteiger partial charge in [0.1, 0.15) is 5.69 Å². The number of aromatic nitrogens is 3. The Labute approximate surface area is 169 Å². The van der Waals surface area contributed by atoms with Crippen LogP contribution in [0.1, 0.15) is 45.2 Å². The number of pyridine rings is 1. The Morgan fingerprint density at radius 3 is 2.72 bits per heavy atom. The first-order chi connectivity index (χ1) is 14.1. The van der Waals surface area contributed by atoms with Crippen LogP contribution in [0.3, 0.4) is 0 Å². The van der Waals surface area contributed by atoms with E-state index in [1.54, 1.807) is 24.3 Å². The summed E-state index contributed by atoms with van der Waals surface area (Å²) in [6.45, 7) is 1.06. The number of para-hydroxylation sites is 1. The zero-order valence-electron chi connectivity index (χ0n) is 16.3. The maximum Gasteiger partial charge on any atom is 0.294 e. The van der Waals surface area contributed by atoms with E-state index < -0.39 is 0 Å². The van der Waals surface area contributed by atoms with E-state index in [4.69, 9.17) is 0 Å². The molecule has 7 nitrogen and oxygen atoms in total. The van der Waals surface area contributed by atoms with Crippen LogP contribution in [-0.2, 0) is 19.5 Å². The maximum atomic E-state index is 13.1. The summed E-state index contributed by atoms with van der Waals surface area (Å²) in [5.41, 5.74) is 2.88. The molecular weight excluding hydrogens is 366 g/mol. The minimum absolute atomic E-state index is 0.217. The fraction of sp³-hybridized carbons (Fsp3) is 0.273. The van der Waals surface area contributed by atoms with Gasteiger partial charge in [-0.15, -0.1) is 0 Å². The highest BCUT2D eigenvalue weighted by Gasteiger charge is 2.29. The molecule has 1 N–H and O–H groups in total. The SMILES string of the molecule is CN(C(=O)c1nc(C(=O)NCc2cccnc2)c2n1CCCC2)c1ccccc1. The second-order valence-corrected chi connectivity index (χ2v) is 7.08. The number of imidazole rings is 1. The van der Waals surface area contributed by atoms with Crippen LogP contribution in [0, 0.1) is 0 Å². The van der Waals surface area contributed by atoms with Crippen molar-refractivity contribution in [2.75, 3.05) is 11.9 Å². The summed E-state index contributed by atoms with van der Waals surface area (Å²) in [6, 6.07) is 13.2. The Bertz CT molecular complexity index is 1010. The average molecular weight is 389 g/mol. The standard InChI is InChI=1S/C22H23N5O2/c1-26(17-9-3-2-4-10-17)22(29)20-25-19(18-11-5-6-13-27(18)20)21(28)24-15-16-8-7-12-23-14-16/h2-4,7-10,12,14H,5-6,11,13,15H2,1H3,(H,24,28). The summed E-state index contributed by atoms with van der Waals surface area (Å²) < 4.78 is 1.91. The summed E-state index contributed by atoms with van der Waals surface area (Å²) >= 11 is 0. The molecule has 0 saturated carbocycles. The molecule has 0 unspecified atom stereocenters. The molecule has 1 aliphatic rings. The fourth-order valence-electron chi connectivity index (χ4n) is 3.58. The van der Waals surface area contributed by atoms with E-state index in [1.807, 2.05) is 47.0 Å². The number of carbonyl (C=O) groups excluding carboxylic acids is 2. The molecule has 148 valence electrons. The van der Waals surface area contributed by atoms with Gasteiger partial charge in [-0.3, -0.25) is 14.6 Å². The monoisotopic (exact) mass is 389 g/mol. The molecule has 0 aliphatic carbocycles. The first-order valence-corrected chi connectivity index (χ1v) is 9.75. The van der Waals surface area contributed by atoms with E-state index in [0.717, 1.165) is 36.2 Å². The predicted octanol–water partition coefficient (Wildman–Crippen LogP) is 2.82. The van der Waals surface area contributed by atoms with Gasteiger partial charge >= 0.3 is 0 Å². The largest absolute Gasteiger partial charge is 0.347 e. The van der Waals surface area contributed by atoms with Crippen molar-refractivity contribution in [1.29, 1.82) is 0 Å². The molecule has 29 heavy (non-hydrogen) atoms. The van der Waals surface area contributed by atoms with Crippen molar-refractivity contribution in [2.24, 2.45) is 0 Å². The Morgan fingerprint density at radius 2 is 1.97 bits per heavy atom. The van der Waals surface area contributed by atoms with Crippen LogP contribution in [-0.4, -0.2) is 33.4 Å². The molecule has 0 spiro atoms. The summed E-state index contributed by atoms with van der Waals surface area (Å²) in [4.78, 5) is 36.1. The van der Waals surface area contributed by atoms with Crippen LogP contribution < -0.4 is 10.2 Å². The van der Waals surface area contributed by atoms with Gasteiger partial charge in [0.15, 0.2) is 0 Å². The summed E-state index contributed by atoms with van der Waals surface area (Å²) in [5, 5.41) is 2.90. The van der Waals surface area contributed by atoms with Crippen molar-refractivity contribution in [3.8, 4) is 0 Å². The lowest BCUT2D eigenvalue weighted by molar-refractivity contribution is 0.0945. The van der Waals surface area contributed by atoms with E-state index in [-0.39, 0.29) is 11.8 Å². The number of rotatable bonds is 5. The summed E-state index contributed by atoms with van der Waals surface area (Å²) in [6.07, 6.45) is 6.10. The third-order valence-electron chi connectivity index (χ3n) is 5.15. The van der Waals surface area contributed by atoms with Gasteiger partial charge in [0.05, 0.1) is 5.69 Å². The minimum Gasteiger partial charge on any atom is -0.347 e. The lowest BCUT2D eigenvalue weighted by atomic mass is 10.1. The normalized spacial score (nSPS) is 12.9. The lowest BCUT2D eigenvalue weighted by Crippen LogP contribution is -2.30. The molecule has 0 bridgehead atoms. The Hall–Kier alpha value is -3.48. The van der Waals surface area contributed by atoms with E-state index in [1.165, 1.54) is 0 Å². The van der Waals surface area contributed by atoms with Crippen LogP contribution in [0.4, 0.5) is 5.69 Å². The molecular formula is C22H23N5O2. The molecule has 3 heterocycles. The second-order valence-electron chi connectivity index (χ2n) is 7.08. The molecule has 7 heteroatoms. The lowest BCUT2D eigenvalue weighted by Gasteiger charge is -2.20. The molecule has 2 aromatic heterocycles. The van der Waals surface area contributed by atoms with Gasteiger partial charge < -0.3 is 14.8 Å². The number of nitrogens with one attached hydrogen (secondary N) is 1. The van der Waals surface area contributed by atoms with Crippen LogP contribution in [0.2, 0.25) is 0 Å². The van der Waals surface area contributed by atoms with E-state index >= 15 is 0 Å². The van der Waals surface area contributed by atoms with Gasteiger partial charge in [-0.1, -0.05) is 24.3 Å². The number of nitrogens with zero attached hydrogens (tertiary/aromatic N) is 4. The number of carbonyl (C=O) groups is 2. The third kappa shape index (κ3) is 3.89. The number of fused-ring (bicyclic) bond motifs is 1. The fourth-order valence-corrected chi connectivity index (χ4v) is 3.58. The zero-order chi connectivity index (χ0) is 20.2. The average Bonchev–Trinajstić information content (AvgIpc) is 3.17.